The van der Waals surface area contributed by atoms with Crippen LogP contribution in [0.15, 0.2) is 60.9 Å². The summed E-state index contributed by atoms with van der Waals surface area (Å²) in [5.41, 5.74) is 3.65. The molecule has 3 rings (SSSR count). The number of nitrogens with zero attached hydrogens (tertiary/aromatic N) is 2. The Labute approximate surface area is 164 Å². The molecule has 0 aliphatic carbocycles. The average Bonchev–Trinajstić information content (AvgIpc) is 2.69. The Morgan fingerprint density at radius 3 is 2.14 bits per heavy atom. The van der Waals surface area contributed by atoms with E-state index in [1.54, 1.807) is 24.3 Å². The fraction of sp³-hybridized carbons (Fsp3) is 0.182. The van der Waals surface area contributed by atoms with Gasteiger partial charge in [0.1, 0.15) is 0 Å². The van der Waals surface area contributed by atoms with Gasteiger partial charge in [0.15, 0.2) is 5.78 Å². The van der Waals surface area contributed by atoms with E-state index < -0.39 is 0 Å². The maximum Gasteiger partial charge on any atom is 0.258 e. The van der Waals surface area contributed by atoms with E-state index in [0.717, 1.165) is 5.69 Å². The van der Waals surface area contributed by atoms with Gasteiger partial charge >= 0.3 is 0 Å². The van der Waals surface area contributed by atoms with E-state index in [1.165, 1.54) is 24.9 Å². The maximum atomic E-state index is 12.4. The molecule has 1 amide bonds. The van der Waals surface area contributed by atoms with Crippen molar-refractivity contribution < 1.29 is 9.59 Å². The first kappa shape index (κ1) is 19.2. The van der Waals surface area contributed by atoms with Crippen molar-refractivity contribution >= 4 is 29.0 Å². The quantitative estimate of drug-likeness (QED) is 0.606. The smallest absolute Gasteiger partial charge is 0.258 e. The minimum absolute atomic E-state index is 0.0200. The van der Waals surface area contributed by atoms with Crippen molar-refractivity contribution in [2.45, 2.75) is 26.7 Å². The summed E-state index contributed by atoms with van der Waals surface area (Å²) < 4.78 is 0. The van der Waals surface area contributed by atoms with Crippen LogP contribution >= 0.6 is 0 Å². The van der Waals surface area contributed by atoms with E-state index in [9.17, 15) is 9.59 Å². The molecule has 0 spiro atoms. The number of Topliss-reactive ketones (excluding diaryl/α,β-unsaturated/α-hetero) is 1. The highest BCUT2D eigenvalue weighted by molar-refractivity contribution is 6.04. The van der Waals surface area contributed by atoms with Crippen LogP contribution in [0.1, 0.15) is 53.0 Å². The lowest BCUT2D eigenvalue weighted by Gasteiger charge is -2.13. The number of anilines is 3. The standard InChI is InChI=1S/C22H22N4O2/c1-14(2)19-6-4-5-7-20(19)26-22-23-12-17(13-24-22)21(28)25-18-10-8-16(9-11-18)15(3)27/h4-14H,1-3H3,(H,25,28)(H,23,24,26). The predicted octanol–water partition coefficient (Wildman–Crippen LogP) is 4.80. The molecule has 142 valence electrons. The van der Waals surface area contributed by atoms with Gasteiger partial charge in [-0.05, 0) is 48.7 Å². The number of carbonyl (C=O) groups is 2. The fourth-order valence-electron chi connectivity index (χ4n) is 2.74. The van der Waals surface area contributed by atoms with Crippen molar-refractivity contribution in [3.05, 3.63) is 77.6 Å². The summed E-state index contributed by atoms with van der Waals surface area (Å²) in [4.78, 5) is 32.2. The number of hydrogen-bond donors (Lipinski definition) is 2. The minimum atomic E-state index is -0.315. The molecular formula is C22H22N4O2. The molecule has 2 aromatic carbocycles. The summed E-state index contributed by atoms with van der Waals surface area (Å²) in [7, 11) is 0. The van der Waals surface area contributed by atoms with Crippen LogP contribution in [-0.2, 0) is 0 Å². The molecule has 0 aliphatic rings. The highest BCUT2D eigenvalue weighted by Crippen LogP contribution is 2.25. The topological polar surface area (TPSA) is 84.0 Å². The number of aromatic nitrogens is 2. The Balaban J connectivity index is 1.68. The summed E-state index contributed by atoms with van der Waals surface area (Å²) in [5.74, 6) is 0.455. The van der Waals surface area contributed by atoms with E-state index in [0.29, 0.717) is 28.7 Å². The maximum absolute atomic E-state index is 12.4. The molecule has 0 aliphatic heterocycles. The van der Waals surface area contributed by atoms with Gasteiger partial charge in [0, 0.05) is 29.3 Å². The Morgan fingerprint density at radius 1 is 0.893 bits per heavy atom. The van der Waals surface area contributed by atoms with Crippen LogP contribution in [0, 0.1) is 0 Å². The first-order valence-electron chi connectivity index (χ1n) is 9.04. The van der Waals surface area contributed by atoms with Crippen molar-refractivity contribution in [3.8, 4) is 0 Å². The lowest BCUT2D eigenvalue weighted by molar-refractivity contribution is 0.101. The van der Waals surface area contributed by atoms with Gasteiger partial charge in [0.2, 0.25) is 5.95 Å². The third-order valence-electron chi connectivity index (χ3n) is 4.29. The molecule has 28 heavy (non-hydrogen) atoms. The van der Waals surface area contributed by atoms with E-state index >= 15 is 0 Å². The molecule has 0 bridgehead atoms. The highest BCUT2D eigenvalue weighted by Gasteiger charge is 2.10. The Hall–Kier alpha value is -3.54. The van der Waals surface area contributed by atoms with E-state index in [1.807, 2.05) is 18.2 Å². The molecule has 1 heterocycles. The van der Waals surface area contributed by atoms with Gasteiger partial charge in [-0.15, -0.1) is 0 Å². The number of para-hydroxylation sites is 1. The monoisotopic (exact) mass is 374 g/mol. The number of ketones is 1. The second kappa shape index (κ2) is 8.43. The summed E-state index contributed by atoms with van der Waals surface area (Å²) in [6, 6.07) is 14.7. The molecule has 0 atom stereocenters. The van der Waals surface area contributed by atoms with E-state index in [2.05, 4.69) is 40.5 Å². The van der Waals surface area contributed by atoms with Crippen molar-refractivity contribution in [1.82, 2.24) is 9.97 Å². The molecule has 1 aromatic heterocycles. The lowest BCUT2D eigenvalue weighted by atomic mass is 10.0. The summed E-state index contributed by atoms with van der Waals surface area (Å²) in [6.07, 6.45) is 2.96. The number of hydrogen-bond acceptors (Lipinski definition) is 5. The number of rotatable bonds is 6. The Kier molecular flexibility index (Phi) is 5.79. The zero-order chi connectivity index (χ0) is 20.1. The lowest BCUT2D eigenvalue weighted by Crippen LogP contribution is -2.13. The van der Waals surface area contributed by atoms with E-state index in [-0.39, 0.29) is 11.7 Å². The third kappa shape index (κ3) is 4.59. The van der Waals surface area contributed by atoms with Crippen LogP contribution in [0.3, 0.4) is 0 Å². The fourth-order valence-corrected chi connectivity index (χ4v) is 2.74. The number of amides is 1. The van der Waals surface area contributed by atoms with Crippen molar-refractivity contribution in [2.24, 2.45) is 0 Å². The summed E-state index contributed by atoms with van der Waals surface area (Å²) in [6.45, 7) is 5.75. The van der Waals surface area contributed by atoms with Gasteiger partial charge in [-0.1, -0.05) is 32.0 Å². The summed E-state index contributed by atoms with van der Waals surface area (Å²) >= 11 is 0. The van der Waals surface area contributed by atoms with Crippen LogP contribution < -0.4 is 10.6 Å². The highest BCUT2D eigenvalue weighted by atomic mass is 16.1. The molecular weight excluding hydrogens is 352 g/mol. The largest absolute Gasteiger partial charge is 0.324 e. The van der Waals surface area contributed by atoms with Crippen LogP contribution in [-0.4, -0.2) is 21.7 Å². The van der Waals surface area contributed by atoms with Gasteiger partial charge in [0.25, 0.3) is 5.91 Å². The van der Waals surface area contributed by atoms with Gasteiger partial charge in [-0.2, -0.15) is 0 Å². The predicted molar refractivity (Wildman–Crippen MR) is 110 cm³/mol. The molecule has 0 unspecified atom stereocenters. The number of carbonyl (C=O) groups excluding carboxylic acids is 2. The SMILES string of the molecule is CC(=O)c1ccc(NC(=O)c2cnc(Nc3ccccc3C(C)C)nc2)cc1. The van der Waals surface area contributed by atoms with Gasteiger partial charge in [-0.25, -0.2) is 9.97 Å². The molecule has 2 N–H and O–H groups in total. The zero-order valence-corrected chi connectivity index (χ0v) is 16.1. The van der Waals surface area contributed by atoms with Crippen LogP contribution in [0.25, 0.3) is 0 Å². The molecule has 3 aromatic rings. The molecule has 6 nitrogen and oxygen atoms in total. The molecule has 0 saturated carbocycles. The first-order chi connectivity index (χ1) is 13.4. The van der Waals surface area contributed by atoms with Crippen molar-refractivity contribution in [2.75, 3.05) is 10.6 Å². The van der Waals surface area contributed by atoms with Gasteiger partial charge in [0.05, 0.1) is 5.56 Å². The second-order valence-corrected chi connectivity index (χ2v) is 6.75. The second-order valence-electron chi connectivity index (χ2n) is 6.75. The van der Waals surface area contributed by atoms with E-state index in [4.69, 9.17) is 0 Å². The van der Waals surface area contributed by atoms with Crippen LogP contribution in [0.4, 0.5) is 17.3 Å². The van der Waals surface area contributed by atoms with Crippen LogP contribution in [0.2, 0.25) is 0 Å². The number of nitrogens with one attached hydrogen (secondary N) is 2. The molecule has 0 saturated heterocycles. The third-order valence-corrected chi connectivity index (χ3v) is 4.29. The summed E-state index contributed by atoms with van der Waals surface area (Å²) in [5, 5.41) is 5.97. The first-order valence-corrected chi connectivity index (χ1v) is 9.04. The Morgan fingerprint density at radius 2 is 1.54 bits per heavy atom. The Bertz CT molecular complexity index is 980. The number of benzene rings is 2. The van der Waals surface area contributed by atoms with Crippen molar-refractivity contribution in [1.29, 1.82) is 0 Å². The molecule has 0 fully saturated rings. The van der Waals surface area contributed by atoms with Gasteiger partial charge < -0.3 is 10.6 Å². The zero-order valence-electron chi connectivity index (χ0n) is 16.1. The average molecular weight is 374 g/mol. The van der Waals surface area contributed by atoms with Gasteiger partial charge in [-0.3, -0.25) is 9.59 Å². The van der Waals surface area contributed by atoms with Crippen molar-refractivity contribution in [3.63, 3.8) is 0 Å². The molecule has 6 heteroatoms. The normalized spacial score (nSPS) is 10.6. The van der Waals surface area contributed by atoms with Crippen LogP contribution in [0.5, 0.6) is 0 Å². The molecule has 0 radical (unpaired) electrons. The minimum Gasteiger partial charge on any atom is -0.324 e.